The van der Waals surface area contributed by atoms with Crippen LogP contribution in [0.2, 0.25) is 0 Å². The van der Waals surface area contributed by atoms with E-state index in [0.29, 0.717) is 6.42 Å². The van der Waals surface area contributed by atoms with E-state index in [1.165, 1.54) is 0 Å². The lowest BCUT2D eigenvalue weighted by molar-refractivity contribution is -0.114. The van der Waals surface area contributed by atoms with E-state index in [1.807, 2.05) is 0 Å². The third-order valence-corrected chi connectivity index (χ3v) is 4.23. The molecule has 0 heterocycles. The lowest BCUT2D eigenvalue weighted by atomic mass is 9.92. The number of hydrogen-bond donors (Lipinski definition) is 0. The van der Waals surface area contributed by atoms with Gasteiger partial charge in [0, 0.05) is 17.9 Å². The summed E-state index contributed by atoms with van der Waals surface area (Å²) in [6, 6.07) is -1.56. The van der Waals surface area contributed by atoms with Crippen molar-refractivity contribution in [3.05, 3.63) is 22.6 Å². The Balaban J connectivity index is 2.59. The molecule has 2 unspecified atom stereocenters. The molecule has 88 valence electrons. The quantitative estimate of drug-likeness (QED) is 0.743. The van der Waals surface area contributed by atoms with Crippen LogP contribution in [0.25, 0.3) is 0 Å². The third-order valence-electron chi connectivity index (χ3n) is 2.91. The van der Waals surface area contributed by atoms with Crippen molar-refractivity contribution < 1.29 is 22.0 Å². The van der Waals surface area contributed by atoms with Gasteiger partial charge in [0.15, 0.2) is 11.8 Å². The molecular weight excluding hydrogens is 238 g/mol. The maximum absolute atomic E-state index is 13.4. The van der Waals surface area contributed by atoms with Crippen molar-refractivity contribution in [3.8, 4) is 0 Å². The molecule has 16 heavy (non-hydrogen) atoms. The molecule has 0 N–H and O–H groups in total. The molecule has 0 bridgehead atoms. The molecule has 2 atom stereocenters. The van der Waals surface area contributed by atoms with E-state index in [4.69, 9.17) is 0 Å². The second-order valence-electron chi connectivity index (χ2n) is 3.87. The minimum atomic E-state index is -4.09. The Labute approximate surface area is 91.8 Å². The van der Waals surface area contributed by atoms with Gasteiger partial charge in [0.25, 0.3) is 0 Å². The SMILES string of the molecule is O=C1CCC2C1=C(S(=O)(=O)CF)C=CC2F. The Morgan fingerprint density at radius 1 is 1.44 bits per heavy atom. The minimum Gasteiger partial charge on any atom is -0.294 e. The summed E-state index contributed by atoms with van der Waals surface area (Å²) >= 11 is 0. The Hall–Kier alpha value is -1.04. The topological polar surface area (TPSA) is 51.2 Å². The number of sulfone groups is 1. The first kappa shape index (κ1) is 11.4. The van der Waals surface area contributed by atoms with Gasteiger partial charge in [-0.3, -0.25) is 4.79 Å². The normalized spacial score (nSPS) is 29.8. The fraction of sp³-hybridized carbons (Fsp3) is 0.500. The molecule has 0 aromatic carbocycles. The molecule has 0 aliphatic heterocycles. The summed E-state index contributed by atoms with van der Waals surface area (Å²) in [4.78, 5) is 11.1. The summed E-state index contributed by atoms with van der Waals surface area (Å²) in [6.45, 7) is 0. The van der Waals surface area contributed by atoms with Crippen molar-refractivity contribution in [2.24, 2.45) is 5.92 Å². The molecule has 3 nitrogen and oxygen atoms in total. The Morgan fingerprint density at radius 2 is 2.12 bits per heavy atom. The summed E-state index contributed by atoms with van der Waals surface area (Å²) in [5, 5.41) is 0. The highest BCUT2D eigenvalue weighted by molar-refractivity contribution is 7.95. The van der Waals surface area contributed by atoms with E-state index in [9.17, 15) is 22.0 Å². The largest absolute Gasteiger partial charge is 0.294 e. The Bertz CT molecular complexity index is 490. The second-order valence-corrected chi connectivity index (χ2v) is 5.76. The number of rotatable bonds is 2. The molecule has 0 amide bonds. The first-order chi connectivity index (χ1) is 7.47. The molecule has 6 heteroatoms. The average Bonchev–Trinajstić information content (AvgIpc) is 2.62. The van der Waals surface area contributed by atoms with Gasteiger partial charge in [-0.25, -0.2) is 17.2 Å². The van der Waals surface area contributed by atoms with E-state index >= 15 is 0 Å². The van der Waals surface area contributed by atoms with Gasteiger partial charge in [-0.15, -0.1) is 0 Å². The number of hydrogen-bond acceptors (Lipinski definition) is 3. The molecule has 0 radical (unpaired) electrons. The maximum Gasteiger partial charge on any atom is 0.207 e. The lowest BCUT2D eigenvalue weighted by Crippen LogP contribution is -2.22. The van der Waals surface area contributed by atoms with Gasteiger partial charge in [-0.2, -0.15) is 0 Å². The predicted octanol–water partition coefficient (Wildman–Crippen LogP) is 1.47. The van der Waals surface area contributed by atoms with Crippen LogP contribution in [-0.4, -0.2) is 26.4 Å². The van der Waals surface area contributed by atoms with Crippen LogP contribution in [0.5, 0.6) is 0 Å². The van der Waals surface area contributed by atoms with Crippen LogP contribution in [0.4, 0.5) is 8.78 Å². The number of allylic oxidation sites excluding steroid dienone is 3. The zero-order valence-electron chi connectivity index (χ0n) is 8.32. The molecule has 2 aliphatic carbocycles. The van der Waals surface area contributed by atoms with Crippen molar-refractivity contribution in [3.63, 3.8) is 0 Å². The van der Waals surface area contributed by atoms with Gasteiger partial charge < -0.3 is 0 Å². The number of fused-ring (bicyclic) bond motifs is 1. The number of alkyl halides is 2. The molecule has 0 aromatic heterocycles. The summed E-state index contributed by atoms with van der Waals surface area (Å²) in [5.41, 5.74) is -0.0485. The van der Waals surface area contributed by atoms with E-state index in [0.717, 1.165) is 12.2 Å². The summed E-state index contributed by atoms with van der Waals surface area (Å²) < 4.78 is 48.6. The van der Waals surface area contributed by atoms with Crippen LogP contribution in [-0.2, 0) is 14.6 Å². The lowest BCUT2D eigenvalue weighted by Gasteiger charge is -2.20. The van der Waals surface area contributed by atoms with Gasteiger partial charge in [0.1, 0.15) is 6.17 Å². The van der Waals surface area contributed by atoms with E-state index in [2.05, 4.69) is 0 Å². The number of carbonyl (C=O) groups is 1. The molecule has 0 spiro atoms. The second kappa shape index (κ2) is 3.76. The van der Waals surface area contributed by atoms with Crippen LogP contribution in [0, 0.1) is 5.92 Å². The van der Waals surface area contributed by atoms with Crippen molar-refractivity contribution in [1.29, 1.82) is 0 Å². The monoisotopic (exact) mass is 248 g/mol. The molecule has 1 fully saturated rings. The first-order valence-corrected chi connectivity index (χ1v) is 6.51. The third kappa shape index (κ3) is 1.61. The van der Waals surface area contributed by atoms with Crippen molar-refractivity contribution in [1.82, 2.24) is 0 Å². The number of ketones is 1. The highest BCUT2D eigenvalue weighted by atomic mass is 32.2. The van der Waals surface area contributed by atoms with Crippen LogP contribution >= 0.6 is 0 Å². The van der Waals surface area contributed by atoms with Crippen LogP contribution < -0.4 is 0 Å². The molecule has 2 aliphatic rings. The molecule has 0 saturated heterocycles. The Kier molecular flexibility index (Phi) is 2.69. The molecular formula is C10H10F2O3S. The zero-order chi connectivity index (χ0) is 11.9. The number of Topliss-reactive ketones (excluding diaryl/α,β-unsaturated/α-hetero) is 1. The van der Waals surface area contributed by atoms with E-state index in [1.54, 1.807) is 0 Å². The van der Waals surface area contributed by atoms with Crippen molar-refractivity contribution >= 4 is 15.6 Å². The number of halogens is 2. The van der Waals surface area contributed by atoms with Crippen LogP contribution in [0.3, 0.4) is 0 Å². The number of carbonyl (C=O) groups excluding carboxylic acids is 1. The fourth-order valence-electron chi connectivity index (χ4n) is 2.14. The summed E-state index contributed by atoms with van der Waals surface area (Å²) in [7, 11) is -4.09. The van der Waals surface area contributed by atoms with E-state index < -0.39 is 27.9 Å². The summed E-state index contributed by atoms with van der Waals surface area (Å²) in [5.74, 6) is -1.10. The van der Waals surface area contributed by atoms with E-state index in [-0.39, 0.29) is 22.7 Å². The highest BCUT2D eigenvalue weighted by Gasteiger charge is 2.40. The highest BCUT2D eigenvalue weighted by Crippen LogP contribution is 2.39. The van der Waals surface area contributed by atoms with Crippen molar-refractivity contribution in [2.45, 2.75) is 19.0 Å². The molecule has 2 rings (SSSR count). The van der Waals surface area contributed by atoms with Crippen molar-refractivity contribution in [2.75, 3.05) is 6.01 Å². The van der Waals surface area contributed by atoms with Crippen LogP contribution in [0.1, 0.15) is 12.8 Å². The first-order valence-electron chi connectivity index (χ1n) is 4.85. The van der Waals surface area contributed by atoms with Gasteiger partial charge in [0.2, 0.25) is 9.84 Å². The zero-order valence-corrected chi connectivity index (χ0v) is 9.14. The average molecular weight is 248 g/mol. The van der Waals surface area contributed by atoms with Gasteiger partial charge in [-0.1, -0.05) is 0 Å². The predicted molar refractivity (Wildman–Crippen MR) is 53.7 cm³/mol. The summed E-state index contributed by atoms with van der Waals surface area (Å²) in [6.07, 6.45) is 1.17. The maximum atomic E-state index is 13.4. The van der Waals surface area contributed by atoms with Gasteiger partial charge in [-0.05, 0) is 18.6 Å². The van der Waals surface area contributed by atoms with Gasteiger partial charge >= 0.3 is 0 Å². The standard InChI is InChI=1S/C10H10F2O3S/c11-5-16(14,15)9-4-2-7(12)6-1-3-8(13)10(6)9/h2,4,6-7H,1,3,5H2. The fourth-order valence-corrected chi connectivity index (χ4v) is 3.15. The van der Waals surface area contributed by atoms with Gasteiger partial charge in [0.05, 0.1) is 4.91 Å². The van der Waals surface area contributed by atoms with Crippen LogP contribution in [0.15, 0.2) is 22.6 Å². The molecule has 0 aromatic rings. The minimum absolute atomic E-state index is 0.0485. The molecule has 1 saturated carbocycles. The Morgan fingerprint density at radius 3 is 2.75 bits per heavy atom. The smallest absolute Gasteiger partial charge is 0.207 e.